The summed E-state index contributed by atoms with van der Waals surface area (Å²) < 4.78 is 1.01. The van der Waals surface area contributed by atoms with Crippen LogP contribution in [0.4, 0.5) is 0 Å². The van der Waals surface area contributed by atoms with E-state index in [1.807, 2.05) is 37.3 Å². The van der Waals surface area contributed by atoms with Crippen molar-refractivity contribution in [1.29, 1.82) is 0 Å². The molecule has 0 amide bonds. The molecule has 0 bridgehead atoms. The van der Waals surface area contributed by atoms with Crippen LogP contribution >= 0.6 is 39.1 Å². The molecule has 2 aromatic carbocycles. The minimum atomic E-state index is -0.211. The molecule has 2 aromatic rings. The Morgan fingerprint density at radius 1 is 1.06 bits per heavy atom. The highest BCUT2D eigenvalue weighted by Gasteiger charge is 2.13. The van der Waals surface area contributed by atoms with Crippen molar-refractivity contribution < 1.29 is 0 Å². The monoisotopic (exact) mass is 343 g/mol. The van der Waals surface area contributed by atoms with E-state index in [0.29, 0.717) is 10.0 Å². The molecule has 0 heterocycles. The van der Waals surface area contributed by atoms with E-state index in [1.54, 1.807) is 6.07 Å². The van der Waals surface area contributed by atoms with Gasteiger partial charge >= 0.3 is 0 Å². The second-order valence-corrected chi connectivity index (χ2v) is 5.88. The van der Waals surface area contributed by atoms with Crippen LogP contribution in [0.25, 0.3) is 0 Å². The molecule has 2 rings (SSSR count). The standard InChI is InChI=1S/C14H12BrCl2N/c1-8-2-4-10(15)7-11(8)14(18)9-3-5-12(16)13(17)6-9/h2-7,14H,18H2,1H3. The van der Waals surface area contributed by atoms with E-state index in [-0.39, 0.29) is 6.04 Å². The van der Waals surface area contributed by atoms with E-state index in [1.165, 1.54) is 0 Å². The predicted molar refractivity (Wildman–Crippen MR) is 81.4 cm³/mol. The molecule has 0 aliphatic carbocycles. The summed E-state index contributed by atoms with van der Waals surface area (Å²) in [6.07, 6.45) is 0. The fourth-order valence-electron chi connectivity index (χ4n) is 1.83. The second kappa shape index (κ2) is 5.62. The van der Waals surface area contributed by atoms with Gasteiger partial charge in [0.25, 0.3) is 0 Å². The number of hydrogen-bond donors (Lipinski definition) is 1. The second-order valence-electron chi connectivity index (χ2n) is 4.15. The van der Waals surface area contributed by atoms with Gasteiger partial charge in [-0.3, -0.25) is 0 Å². The van der Waals surface area contributed by atoms with E-state index in [2.05, 4.69) is 15.9 Å². The largest absolute Gasteiger partial charge is 0.320 e. The first-order chi connectivity index (χ1) is 8.49. The minimum Gasteiger partial charge on any atom is -0.320 e. The Morgan fingerprint density at radius 2 is 1.78 bits per heavy atom. The lowest BCUT2D eigenvalue weighted by Gasteiger charge is -2.16. The quantitative estimate of drug-likeness (QED) is 0.804. The normalized spacial score (nSPS) is 12.5. The number of benzene rings is 2. The van der Waals surface area contributed by atoms with Gasteiger partial charge in [-0.1, -0.05) is 51.3 Å². The van der Waals surface area contributed by atoms with Gasteiger partial charge in [-0.15, -0.1) is 0 Å². The Bertz CT molecular complexity index is 584. The summed E-state index contributed by atoms with van der Waals surface area (Å²) >= 11 is 15.4. The van der Waals surface area contributed by atoms with Gasteiger partial charge in [-0.05, 0) is 47.9 Å². The lowest BCUT2D eigenvalue weighted by atomic mass is 9.96. The van der Waals surface area contributed by atoms with Crippen molar-refractivity contribution in [2.24, 2.45) is 5.73 Å². The minimum absolute atomic E-state index is 0.211. The van der Waals surface area contributed by atoms with Crippen LogP contribution in [-0.4, -0.2) is 0 Å². The van der Waals surface area contributed by atoms with Gasteiger partial charge in [0.15, 0.2) is 0 Å². The molecule has 2 N–H and O–H groups in total. The zero-order chi connectivity index (χ0) is 13.3. The van der Waals surface area contributed by atoms with Crippen molar-refractivity contribution in [3.63, 3.8) is 0 Å². The molecule has 1 atom stereocenters. The maximum atomic E-state index is 6.28. The average Bonchev–Trinajstić information content (AvgIpc) is 2.35. The van der Waals surface area contributed by atoms with Crippen LogP contribution in [0, 0.1) is 6.92 Å². The van der Waals surface area contributed by atoms with Crippen LogP contribution < -0.4 is 5.73 Å². The van der Waals surface area contributed by atoms with Crippen molar-refractivity contribution in [3.8, 4) is 0 Å². The summed E-state index contributed by atoms with van der Waals surface area (Å²) in [6, 6.07) is 11.3. The van der Waals surface area contributed by atoms with Crippen molar-refractivity contribution in [2.75, 3.05) is 0 Å². The number of hydrogen-bond acceptors (Lipinski definition) is 1. The maximum Gasteiger partial charge on any atom is 0.0595 e. The highest BCUT2D eigenvalue weighted by atomic mass is 79.9. The highest BCUT2D eigenvalue weighted by Crippen LogP contribution is 2.30. The SMILES string of the molecule is Cc1ccc(Br)cc1C(N)c1ccc(Cl)c(Cl)c1. The van der Waals surface area contributed by atoms with Gasteiger partial charge in [0, 0.05) is 4.47 Å². The smallest absolute Gasteiger partial charge is 0.0595 e. The van der Waals surface area contributed by atoms with Gasteiger partial charge in [0.05, 0.1) is 16.1 Å². The van der Waals surface area contributed by atoms with E-state index in [0.717, 1.165) is 21.2 Å². The van der Waals surface area contributed by atoms with E-state index in [4.69, 9.17) is 28.9 Å². The molecule has 0 fully saturated rings. The molecular weight excluding hydrogens is 333 g/mol. The van der Waals surface area contributed by atoms with Gasteiger partial charge in [-0.25, -0.2) is 0 Å². The number of halogens is 3. The van der Waals surface area contributed by atoms with Crippen LogP contribution in [0.5, 0.6) is 0 Å². The molecule has 0 aromatic heterocycles. The Hall–Kier alpha value is -0.540. The predicted octanol–water partition coefficient (Wildman–Crippen LogP) is 5.11. The Morgan fingerprint density at radius 3 is 2.44 bits per heavy atom. The first-order valence-electron chi connectivity index (χ1n) is 5.45. The molecule has 0 aliphatic rings. The molecule has 0 saturated heterocycles. The van der Waals surface area contributed by atoms with E-state index < -0.39 is 0 Å². The van der Waals surface area contributed by atoms with Crippen molar-refractivity contribution in [3.05, 3.63) is 67.6 Å². The van der Waals surface area contributed by atoms with Crippen LogP contribution in [0.3, 0.4) is 0 Å². The summed E-state index contributed by atoms with van der Waals surface area (Å²) in [7, 11) is 0. The average molecular weight is 345 g/mol. The summed E-state index contributed by atoms with van der Waals surface area (Å²) in [5.41, 5.74) is 9.45. The molecule has 0 aliphatic heterocycles. The Labute approximate surface area is 125 Å². The molecule has 94 valence electrons. The molecule has 0 radical (unpaired) electrons. The fraction of sp³-hybridized carbons (Fsp3) is 0.143. The van der Waals surface area contributed by atoms with Crippen molar-refractivity contribution in [1.82, 2.24) is 0 Å². The molecule has 1 unspecified atom stereocenters. The van der Waals surface area contributed by atoms with Crippen LogP contribution in [0.1, 0.15) is 22.7 Å². The fourth-order valence-corrected chi connectivity index (χ4v) is 2.52. The molecule has 1 nitrogen and oxygen atoms in total. The summed E-state index contributed by atoms with van der Waals surface area (Å²) in [4.78, 5) is 0. The zero-order valence-electron chi connectivity index (χ0n) is 9.75. The number of rotatable bonds is 2. The lowest BCUT2D eigenvalue weighted by molar-refractivity contribution is 0.861. The highest BCUT2D eigenvalue weighted by molar-refractivity contribution is 9.10. The van der Waals surface area contributed by atoms with Crippen LogP contribution in [-0.2, 0) is 0 Å². The van der Waals surface area contributed by atoms with Crippen LogP contribution in [0.2, 0.25) is 10.0 Å². The molecule has 0 spiro atoms. The first kappa shape index (κ1) is 13.9. The van der Waals surface area contributed by atoms with Crippen molar-refractivity contribution >= 4 is 39.1 Å². The summed E-state index contributed by atoms with van der Waals surface area (Å²) in [6.45, 7) is 2.04. The zero-order valence-corrected chi connectivity index (χ0v) is 12.9. The van der Waals surface area contributed by atoms with Crippen LogP contribution in [0.15, 0.2) is 40.9 Å². The Balaban J connectivity index is 2.44. The van der Waals surface area contributed by atoms with Gasteiger partial charge in [0.1, 0.15) is 0 Å². The molecule has 4 heteroatoms. The summed E-state index contributed by atoms with van der Waals surface area (Å²) in [5, 5.41) is 1.07. The third-order valence-corrected chi connectivity index (χ3v) is 4.11. The van der Waals surface area contributed by atoms with Gasteiger partial charge in [0.2, 0.25) is 0 Å². The molecule has 18 heavy (non-hydrogen) atoms. The maximum absolute atomic E-state index is 6.28. The van der Waals surface area contributed by atoms with Gasteiger partial charge < -0.3 is 5.73 Å². The third kappa shape index (κ3) is 2.89. The topological polar surface area (TPSA) is 26.0 Å². The lowest BCUT2D eigenvalue weighted by Crippen LogP contribution is -2.13. The summed E-state index contributed by atoms with van der Waals surface area (Å²) in [5.74, 6) is 0. The first-order valence-corrected chi connectivity index (χ1v) is 7.00. The Kier molecular flexibility index (Phi) is 4.33. The third-order valence-electron chi connectivity index (χ3n) is 2.88. The van der Waals surface area contributed by atoms with E-state index in [9.17, 15) is 0 Å². The van der Waals surface area contributed by atoms with Crippen molar-refractivity contribution in [2.45, 2.75) is 13.0 Å². The molecular formula is C14H12BrCl2N. The number of aryl methyl sites for hydroxylation is 1. The molecule has 0 saturated carbocycles. The number of nitrogens with two attached hydrogens (primary N) is 1. The van der Waals surface area contributed by atoms with E-state index >= 15 is 0 Å². The van der Waals surface area contributed by atoms with Gasteiger partial charge in [-0.2, -0.15) is 0 Å².